The molecule has 0 radical (unpaired) electrons. The molecule has 1 aliphatic heterocycles. The van der Waals surface area contributed by atoms with Crippen molar-refractivity contribution in [2.24, 2.45) is 4.99 Å². The molecule has 1 aromatic carbocycles. The molecule has 0 aromatic heterocycles. The van der Waals surface area contributed by atoms with Crippen molar-refractivity contribution in [2.45, 2.75) is 19.0 Å². The number of nitrogens with zero attached hydrogens (tertiary/aromatic N) is 1. The van der Waals surface area contributed by atoms with E-state index in [1.165, 1.54) is 0 Å². The molecule has 1 aromatic rings. The molecule has 8 nitrogen and oxygen atoms in total. The lowest BCUT2D eigenvalue weighted by atomic mass is 10.2. The van der Waals surface area contributed by atoms with Gasteiger partial charge in [-0.25, -0.2) is 8.42 Å². The summed E-state index contributed by atoms with van der Waals surface area (Å²) in [7, 11) is 0.221. The van der Waals surface area contributed by atoms with Crippen LogP contribution in [0.5, 0.6) is 5.75 Å². The lowest BCUT2D eigenvalue weighted by Crippen LogP contribution is -2.47. The Kier molecular flexibility index (Phi) is 9.13. The zero-order chi connectivity index (χ0) is 18.3. The molecule has 0 saturated carbocycles. The van der Waals surface area contributed by atoms with Crippen LogP contribution in [0.25, 0.3) is 0 Å². The predicted octanol–water partition coefficient (Wildman–Crippen LogP) is 0.282. The number of aliphatic imine (C=N–C) groups is 1. The lowest BCUT2D eigenvalue weighted by Gasteiger charge is -2.16. The van der Waals surface area contributed by atoms with E-state index < -0.39 is 9.84 Å². The minimum atomic E-state index is -2.96. The summed E-state index contributed by atoms with van der Waals surface area (Å²) >= 11 is 0. The Hall–Kier alpha value is -1.56. The van der Waals surface area contributed by atoms with Crippen LogP contribution in [0, 0.1) is 0 Å². The normalized spacial score (nSPS) is 18.5. The van der Waals surface area contributed by atoms with Gasteiger partial charge in [-0.05, 0) is 24.1 Å². The van der Waals surface area contributed by atoms with E-state index in [-0.39, 0.29) is 54.0 Å². The van der Waals surface area contributed by atoms with Gasteiger partial charge >= 0.3 is 0 Å². The number of sulfone groups is 1. The molecule has 1 fully saturated rings. The van der Waals surface area contributed by atoms with Crippen molar-refractivity contribution in [2.75, 3.05) is 32.2 Å². The van der Waals surface area contributed by atoms with Crippen LogP contribution in [0.4, 0.5) is 0 Å². The Bertz CT molecular complexity index is 722. The molecule has 26 heavy (non-hydrogen) atoms. The average molecular weight is 496 g/mol. The fraction of sp³-hybridized carbons (Fsp3) is 0.500. The molecule has 0 aliphatic carbocycles. The van der Waals surface area contributed by atoms with E-state index in [9.17, 15) is 13.2 Å². The molecule has 10 heteroatoms. The molecule has 1 unspecified atom stereocenters. The van der Waals surface area contributed by atoms with Gasteiger partial charge < -0.3 is 20.7 Å². The predicted molar refractivity (Wildman–Crippen MR) is 112 cm³/mol. The third kappa shape index (κ3) is 7.36. The van der Waals surface area contributed by atoms with Gasteiger partial charge in [-0.2, -0.15) is 0 Å². The second-order valence-electron chi connectivity index (χ2n) is 5.79. The number of ether oxygens (including phenoxy) is 1. The van der Waals surface area contributed by atoms with Gasteiger partial charge in [0.15, 0.2) is 15.8 Å². The Morgan fingerprint density at radius 3 is 2.50 bits per heavy atom. The van der Waals surface area contributed by atoms with E-state index in [0.29, 0.717) is 18.9 Å². The Balaban J connectivity index is 0.00000338. The quantitative estimate of drug-likeness (QED) is 0.297. The largest absolute Gasteiger partial charge is 0.497 e. The number of nitrogens with one attached hydrogen (secondary N) is 3. The van der Waals surface area contributed by atoms with E-state index >= 15 is 0 Å². The SMILES string of the molecule is CN=C(NCC(=O)NCc1ccc(OC)cc1)NC1CCS(=O)(=O)C1.I. The molecule has 1 saturated heterocycles. The van der Waals surface area contributed by atoms with E-state index in [1.54, 1.807) is 14.2 Å². The maximum atomic E-state index is 11.9. The van der Waals surface area contributed by atoms with Crippen LogP contribution in [0.2, 0.25) is 0 Å². The maximum absolute atomic E-state index is 11.9. The van der Waals surface area contributed by atoms with E-state index in [2.05, 4.69) is 20.9 Å². The molecular formula is C16H25IN4O4S. The molecule has 146 valence electrons. The average Bonchev–Trinajstić information content (AvgIpc) is 2.95. The monoisotopic (exact) mass is 496 g/mol. The van der Waals surface area contributed by atoms with Gasteiger partial charge in [0.25, 0.3) is 0 Å². The summed E-state index contributed by atoms with van der Waals surface area (Å²) in [4.78, 5) is 15.9. The summed E-state index contributed by atoms with van der Waals surface area (Å²) in [5.74, 6) is 1.28. The summed E-state index contributed by atoms with van der Waals surface area (Å²) in [6, 6.07) is 7.27. The first kappa shape index (κ1) is 22.5. The molecule has 1 amide bonds. The first-order valence-corrected chi connectivity index (χ1v) is 9.81. The summed E-state index contributed by atoms with van der Waals surface area (Å²) in [6.07, 6.45) is 0.548. The third-order valence-corrected chi connectivity index (χ3v) is 5.63. The minimum Gasteiger partial charge on any atom is -0.497 e. The van der Waals surface area contributed by atoms with Gasteiger partial charge in [-0.3, -0.25) is 9.79 Å². The van der Waals surface area contributed by atoms with Crippen molar-refractivity contribution in [3.8, 4) is 5.75 Å². The molecule has 3 N–H and O–H groups in total. The Morgan fingerprint density at radius 1 is 1.27 bits per heavy atom. The van der Waals surface area contributed by atoms with E-state index in [4.69, 9.17) is 4.74 Å². The van der Waals surface area contributed by atoms with Crippen LogP contribution in [0.15, 0.2) is 29.3 Å². The number of benzene rings is 1. The second-order valence-corrected chi connectivity index (χ2v) is 8.02. The number of hydrogen-bond acceptors (Lipinski definition) is 5. The van der Waals surface area contributed by atoms with Gasteiger partial charge in [0, 0.05) is 19.6 Å². The highest BCUT2D eigenvalue weighted by Gasteiger charge is 2.28. The molecular weight excluding hydrogens is 471 g/mol. The molecule has 1 heterocycles. The molecule has 2 rings (SSSR count). The van der Waals surface area contributed by atoms with Gasteiger partial charge in [-0.1, -0.05) is 12.1 Å². The topological polar surface area (TPSA) is 109 Å². The standard InChI is InChI=1S/C16H24N4O4S.HI/c1-17-16(20-13-7-8-25(22,23)11-13)19-10-15(21)18-9-12-3-5-14(24-2)6-4-12;/h3-6,13H,7-11H2,1-2H3,(H,18,21)(H2,17,19,20);1H. The summed E-state index contributed by atoms with van der Waals surface area (Å²) in [5.41, 5.74) is 0.966. The number of amides is 1. The van der Waals surface area contributed by atoms with Crippen molar-refractivity contribution in [1.29, 1.82) is 0 Å². The van der Waals surface area contributed by atoms with Gasteiger partial charge in [0.05, 0.1) is 25.2 Å². The highest BCUT2D eigenvalue weighted by molar-refractivity contribution is 14.0. The second kappa shape index (κ2) is 10.6. The maximum Gasteiger partial charge on any atom is 0.239 e. The van der Waals surface area contributed by atoms with Crippen LogP contribution < -0.4 is 20.7 Å². The van der Waals surface area contributed by atoms with Crippen LogP contribution >= 0.6 is 24.0 Å². The van der Waals surface area contributed by atoms with Crippen LogP contribution in [-0.4, -0.2) is 58.5 Å². The zero-order valence-corrected chi connectivity index (χ0v) is 18.0. The van der Waals surface area contributed by atoms with Crippen molar-refractivity contribution >= 4 is 45.7 Å². The van der Waals surface area contributed by atoms with Crippen LogP contribution in [0.3, 0.4) is 0 Å². The fourth-order valence-electron chi connectivity index (χ4n) is 2.47. The third-order valence-electron chi connectivity index (χ3n) is 3.86. The van der Waals surface area contributed by atoms with E-state index in [1.807, 2.05) is 24.3 Å². The van der Waals surface area contributed by atoms with E-state index in [0.717, 1.165) is 11.3 Å². The minimum absolute atomic E-state index is 0. The number of methoxy groups -OCH3 is 1. The van der Waals surface area contributed by atoms with Crippen LogP contribution in [-0.2, 0) is 21.2 Å². The zero-order valence-electron chi connectivity index (χ0n) is 14.8. The highest BCUT2D eigenvalue weighted by Crippen LogP contribution is 2.11. The highest BCUT2D eigenvalue weighted by atomic mass is 127. The number of guanidine groups is 1. The van der Waals surface area contributed by atoms with Crippen molar-refractivity contribution < 1.29 is 17.9 Å². The van der Waals surface area contributed by atoms with Gasteiger partial charge in [0.1, 0.15) is 5.75 Å². The molecule has 0 bridgehead atoms. The molecule has 0 spiro atoms. The molecule has 1 aliphatic rings. The fourth-order valence-corrected chi connectivity index (χ4v) is 4.14. The molecule has 1 atom stereocenters. The summed E-state index contributed by atoms with van der Waals surface area (Å²) in [6.45, 7) is 0.465. The number of rotatable bonds is 6. The number of halogens is 1. The van der Waals surface area contributed by atoms with Gasteiger partial charge in [-0.15, -0.1) is 24.0 Å². The summed E-state index contributed by atoms with van der Waals surface area (Å²) < 4.78 is 28.0. The van der Waals surface area contributed by atoms with Crippen molar-refractivity contribution in [3.05, 3.63) is 29.8 Å². The first-order valence-electron chi connectivity index (χ1n) is 7.99. The van der Waals surface area contributed by atoms with Gasteiger partial charge in [0.2, 0.25) is 5.91 Å². The number of hydrogen-bond donors (Lipinski definition) is 3. The summed E-state index contributed by atoms with van der Waals surface area (Å²) in [5, 5.41) is 8.72. The Labute approximate surface area is 171 Å². The van der Waals surface area contributed by atoms with Crippen molar-refractivity contribution in [3.63, 3.8) is 0 Å². The number of carbonyl (C=O) groups is 1. The Morgan fingerprint density at radius 2 is 1.96 bits per heavy atom. The van der Waals surface area contributed by atoms with Crippen molar-refractivity contribution in [1.82, 2.24) is 16.0 Å². The smallest absolute Gasteiger partial charge is 0.239 e. The lowest BCUT2D eigenvalue weighted by molar-refractivity contribution is -0.120. The number of carbonyl (C=O) groups excluding carboxylic acids is 1. The first-order chi connectivity index (χ1) is 11.9. The van der Waals surface area contributed by atoms with Crippen LogP contribution in [0.1, 0.15) is 12.0 Å².